The molecule has 1 aromatic heterocycles. The van der Waals surface area contributed by atoms with Gasteiger partial charge < -0.3 is 4.90 Å². The Kier molecular flexibility index (Phi) is 7.19. The van der Waals surface area contributed by atoms with E-state index in [-0.39, 0.29) is 5.41 Å². The Morgan fingerprint density at radius 3 is 1.70 bits per heavy atom. The highest BCUT2D eigenvalue weighted by molar-refractivity contribution is 7.19. The summed E-state index contributed by atoms with van der Waals surface area (Å²) >= 11 is 1.88. The molecule has 0 saturated carbocycles. The van der Waals surface area contributed by atoms with Crippen molar-refractivity contribution >= 4 is 28.4 Å². The van der Waals surface area contributed by atoms with Crippen molar-refractivity contribution in [3.8, 4) is 43.1 Å². The Balaban J connectivity index is 1.20. The van der Waals surface area contributed by atoms with Gasteiger partial charge in [-0.25, -0.2) is 0 Å². The topological polar surface area (TPSA) is 3.24 Å². The average Bonchev–Trinajstić information content (AvgIpc) is 3.60. The lowest BCUT2D eigenvalue weighted by Gasteiger charge is -2.28. The Morgan fingerprint density at radius 2 is 1.00 bits per heavy atom. The van der Waals surface area contributed by atoms with Gasteiger partial charge in [0, 0.05) is 32.2 Å². The van der Waals surface area contributed by atoms with Crippen LogP contribution in [0.3, 0.4) is 0 Å². The first-order chi connectivity index (χ1) is 22.9. The Morgan fingerprint density at radius 1 is 0.447 bits per heavy atom. The number of anilines is 3. The van der Waals surface area contributed by atoms with Crippen LogP contribution < -0.4 is 4.90 Å². The lowest BCUT2D eigenvalue weighted by molar-refractivity contribution is 0.660. The number of thiophene rings is 1. The minimum Gasteiger partial charge on any atom is -0.310 e. The van der Waals surface area contributed by atoms with E-state index in [9.17, 15) is 0 Å². The molecular weight excluding hydrogens is 587 g/mol. The molecule has 0 unspecified atom stereocenters. The van der Waals surface area contributed by atoms with Crippen molar-refractivity contribution in [2.75, 3.05) is 4.90 Å². The van der Waals surface area contributed by atoms with Gasteiger partial charge in [0.1, 0.15) is 0 Å². The molecule has 1 nitrogen and oxygen atoms in total. The minimum absolute atomic E-state index is 0.0690. The molecule has 7 aromatic rings. The Hall–Kier alpha value is -5.18. The van der Waals surface area contributed by atoms with E-state index in [1.807, 2.05) is 11.3 Å². The molecule has 1 aliphatic rings. The van der Waals surface area contributed by atoms with E-state index in [0.717, 1.165) is 11.4 Å². The third-order valence-corrected chi connectivity index (χ3v) is 11.1. The molecule has 1 heterocycles. The highest BCUT2D eigenvalue weighted by Crippen LogP contribution is 2.50. The molecule has 0 radical (unpaired) electrons. The zero-order valence-corrected chi connectivity index (χ0v) is 28.1. The van der Waals surface area contributed by atoms with E-state index in [1.54, 1.807) is 0 Å². The minimum atomic E-state index is -0.0690. The number of fused-ring (bicyclic) bond motifs is 3. The molecule has 0 N–H and O–H groups in total. The van der Waals surface area contributed by atoms with Crippen molar-refractivity contribution in [3.05, 3.63) is 174 Å². The van der Waals surface area contributed by atoms with Gasteiger partial charge in [0.2, 0.25) is 0 Å². The summed E-state index contributed by atoms with van der Waals surface area (Å²) in [4.78, 5) is 5.04. The third-order valence-electron chi connectivity index (χ3n) is 9.78. The van der Waals surface area contributed by atoms with Crippen LogP contribution in [0.1, 0.15) is 36.1 Å². The lowest BCUT2D eigenvalue weighted by atomic mass is 9.82. The van der Waals surface area contributed by atoms with Gasteiger partial charge in [-0.1, -0.05) is 123 Å². The predicted octanol–water partition coefficient (Wildman–Crippen LogP) is 13.1. The molecule has 6 aromatic carbocycles. The van der Waals surface area contributed by atoms with Crippen molar-refractivity contribution in [3.63, 3.8) is 0 Å². The Labute approximate surface area is 282 Å². The number of aryl methyl sites for hydroxylation is 2. The molecular formula is C45H37NS. The van der Waals surface area contributed by atoms with Crippen LogP contribution in [-0.2, 0) is 5.41 Å². The molecule has 0 spiro atoms. The van der Waals surface area contributed by atoms with Crippen LogP contribution in [0.4, 0.5) is 17.1 Å². The summed E-state index contributed by atoms with van der Waals surface area (Å²) in [7, 11) is 0. The molecule has 0 amide bonds. The summed E-state index contributed by atoms with van der Waals surface area (Å²) in [5.41, 5.74) is 16.5. The zero-order valence-electron chi connectivity index (χ0n) is 27.3. The maximum absolute atomic E-state index is 2.41. The van der Waals surface area contributed by atoms with Gasteiger partial charge in [-0.15, -0.1) is 11.3 Å². The van der Waals surface area contributed by atoms with Gasteiger partial charge in [-0.05, 0) is 112 Å². The van der Waals surface area contributed by atoms with Gasteiger partial charge in [0.25, 0.3) is 0 Å². The van der Waals surface area contributed by atoms with Gasteiger partial charge in [-0.3, -0.25) is 0 Å². The monoisotopic (exact) mass is 623 g/mol. The van der Waals surface area contributed by atoms with Crippen molar-refractivity contribution in [1.82, 2.24) is 0 Å². The summed E-state index contributed by atoms with van der Waals surface area (Å²) in [6, 6.07) is 55.6. The number of hydrogen-bond donors (Lipinski definition) is 0. The molecule has 8 rings (SSSR count). The number of hydrogen-bond acceptors (Lipinski definition) is 2. The van der Waals surface area contributed by atoms with Crippen LogP contribution in [-0.4, -0.2) is 0 Å². The second-order valence-corrected chi connectivity index (χ2v) is 14.2. The van der Waals surface area contributed by atoms with Crippen LogP contribution in [0.2, 0.25) is 0 Å². The predicted molar refractivity (Wildman–Crippen MR) is 202 cm³/mol. The van der Waals surface area contributed by atoms with E-state index < -0.39 is 0 Å². The first-order valence-corrected chi connectivity index (χ1v) is 17.2. The molecule has 228 valence electrons. The van der Waals surface area contributed by atoms with Crippen LogP contribution in [0, 0.1) is 13.8 Å². The van der Waals surface area contributed by atoms with Gasteiger partial charge in [0.15, 0.2) is 0 Å². The van der Waals surface area contributed by atoms with E-state index in [1.165, 1.54) is 71.1 Å². The fourth-order valence-electron chi connectivity index (χ4n) is 7.21. The molecule has 0 saturated heterocycles. The fourth-order valence-corrected chi connectivity index (χ4v) is 8.47. The maximum atomic E-state index is 2.41. The largest absolute Gasteiger partial charge is 0.310 e. The summed E-state index contributed by atoms with van der Waals surface area (Å²) in [6.07, 6.45) is 0. The summed E-state index contributed by atoms with van der Waals surface area (Å²) in [5.74, 6) is 0. The third kappa shape index (κ3) is 5.10. The highest BCUT2D eigenvalue weighted by atomic mass is 32.1. The standard InChI is InChI=1S/C45H37NS/c1-30-12-8-9-15-38(30)44-31(2)28-43(47-44)34-20-24-36(25-21-34)46(35-22-18-33(19-23-35)32-13-6-5-7-14-32)37-26-27-40-39-16-10-11-17-41(39)45(3,4)42(40)29-37/h5-29H,1-4H3. The first kappa shape index (κ1) is 29.2. The van der Waals surface area contributed by atoms with Crippen LogP contribution in [0.15, 0.2) is 152 Å². The summed E-state index contributed by atoms with van der Waals surface area (Å²) in [5, 5.41) is 0. The molecule has 2 heteroatoms. The zero-order chi connectivity index (χ0) is 32.1. The SMILES string of the molecule is Cc1ccccc1-c1sc(-c2ccc(N(c3ccc(-c4ccccc4)cc3)c3ccc4c(c3)C(C)(C)c3ccccc3-4)cc2)cc1C. The lowest BCUT2D eigenvalue weighted by Crippen LogP contribution is -2.16. The molecule has 0 fully saturated rings. The van der Waals surface area contributed by atoms with E-state index in [0.29, 0.717) is 0 Å². The highest BCUT2D eigenvalue weighted by Gasteiger charge is 2.35. The number of benzene rings is 6. The van der Waals surface area contributed by atoms with Crippen molar-refractivity contribution in [1.29, 1.82) is 0 Å². The maximum Gasteiger partial charge on any atom is 0.0465 e. The van der Waals surface area contributed by atoms with Crippen LogP contribution >= 0.6 is 11.3 Å². The average molecular weight is 624 g/mol. The van der Waals surface area contributed by atoms with Crippen LogP contribution in [0.5, 0.6) is 0 Å². The van der Waals surface area contributed by atoms with Gasteiger partial charge >= 0.3 is 0 Å². The second-order valence-electron chi connectivity index (χ2n) is 13.1. The summed E-state index contributed by atoms with van der Waals surface area (Å²) in [6.45, 7) is 9.13. The molecule has 47 heavy (non-hydrogen) atoms. The van der Waals surface area contributed by atoms with E-state index in [4.69, 9.17) is 0 Å². The van der Waals surface area contributed by atoms with Crippen molar-refractivity contribution in [2.45, 2.75) is 33.1 Å². The quantitative estimate of drug-likeness (QED) is 0.178. The smallest absolute Gasteiger partial charge is 0.0465 e. The molecule has 0 bridgehead atoms. The molecule has 0 atom stereocenters. The van der Waals surface area contributed by atoms with Crippen molar-refractivity contribution < 1.29 is 0 Å². The van der Waals surface area contributed by atoms with Crippen molar-refractivity contribution in [2.24, 2.45) is 0 Å². The normalized spacial score (nSPS) is 12.9. The van der Waals surface area contributed by atoms with E-state index >= 15 is 0 Å². The van der Waals surface area contributed by atoms with Crippen LogP contribution in [0.25, 0.3) is 43.1 Å². The Bertz CT molecular complexity index is 2220. The van der Waals surface area contributed by atoms with Gasteiger partial charge in [-0.2, -0.15) is 0 Å². The fraction of sp³-hybridized carbons (Fsp3) is 0.111. The van der Waals surface area contributed by atoms with E-state index in [2.05, 4.69) is 184 Å². The first-order valence-electron chi connectivity index (χ1n) is 16.4. The van der Waals surface area contributed by atoms with Gasteiger partial charge in [0.05, 0.1) is 0 Å². The molecule has 1 aliphatic carbocycles. The molecule has 0 aliphatic heterocycles. The summed E-state index contributed by atoms with van der Waals surface area (Å²) < 4.78 is 0. The number of rotatable bonds is 6. The number of nitrogens with zero attached hydrogens (tertiary/aromatic N) is 1. The second kappa shape index (κ2) is 11.6.